The highest BCUT2D eigenvalue weighted by atomic mass is 32.2. The minimum absolute atomic E-state index is 0.00307. The molecule has 20 N–H and O–H groups in total. The maximum atomic E-state index is 15.2. The minimum atomic E-state index is -2.25. The Morgan fingerprint density at radius 3 is 1.30 bits per heavy atom. The van der Waals surface area contributed by atoms with E-state index in [9.17, 15) is 117 Å². The number of primary amides is 2. The van der Waals surface area contributed by atoms with E-state index in [2.05, 4.69) is 58.5 Å². The number of carbonyl (C=O) groups is 22. The Morgan fingerprint density at radius 1 is 0.391 bits per heavy atom. The van der Waals surface area contributed by atoms with Crippen LogP contribution in [0.2, 0.25) is 0 Å². The Labute approximate surface area is 808 Å². The van der Waals surface area contributed by atoms with Gasteiger partial charge in [-0.3, -0.25) is 105 Å². The molecular weight excluding hydrogens is 1860 g/mol. The van der Waals surface area contributed by atoms with Gasteiger partial charge in [-0.2, -0.15) is 35.3 Å². The lowest BCUT2D eigenvalue weighted by Gasteiger charge is -2.32. The average Bonchev–Trinajstić information content (AvgIpc) is 0.946. The summed E-state index contributed by atoms with van der Waals surface area (Å²) in [4.78, 5) is 315. The molecule has 3 heterocycles. The molecule has 0 unspecified atom stereocenters. The van der Waals surface area contributed by atoms with Gasteiger partial charge in [-0.05, 0) is 78.1 Å². The lowest BCUT2D eigenvalue weighted by Crippen LogP contribution is -2.61. The van der Waals surface area contributed by atoms with E-state index < -0.39 is 296 Å². The van der Waals surface area contributed by atoms with Crippen molar-refractivity contribution in [1.82, 2.24) is 73.2 Å². The first-order chi connectivity index (χ1) is 65.2. The summed E-state index contributed by atoms with van der Waals surface area (Å²) in [6.45, 7) is 7.99. The number of amides is 16. The van der Waals surface area contributed by atoms with Crippen molar-refractivity contribution in [3.8, 4) is 5.75 Å². The largest absolute Gasteiger partial charge is 0.508 e. The molecule has 4 aromatic rings. The Morgan fingerprint density at radius 2 is 0.804 bits per heavy atom. The molecule has 3 aliphatic rings. The topological polar surface area (TPSA) is 671 Å². The van der Waals surface area contributed by atoms with Crippen LogP contribution in [0.25, 0.3) is 10.8 Å². The second-order valence-corrected chi connectivity index (χ2v) is 38.5. The van der Waals surface area contributed by atoms with Crippen LogP contribution >= 0.6 is 35.3 Å². The van der Waals surface area contributed by atoms with Crippen molar-refractivity contribution in [3.63, 3.8) is 0 Å². The number of fused-ring (bicyclic) bond motifs is 10. The number of nitrogens with zero attached hydrogens (tertiary/aromatic N) is 3. The van der Waals surface area contributed by atoms with Crippen molar-refractivity contribution in [2.45, 2.75) is 204 Å². The number of phenolic OH excluding ortho intramolecular Hbond substituents is 1. The number of rotatable bonds is 19. The summed E-state index contributed by atoms with van der Waals surface area (Å²) < 4.78 is 0. The molecule has 0 aliphatic carbocycles. The molecular formula is C92H122N16O27S3. The SMILES string of the molecule is C[C@H]1CSCCC(=O)N2CCN3CCN(CC2)C(=O)CCSC[C@H](NC(=O)[C@@H](C)NC(=O)[C@H](Cc2cccc4ccccc24)CC(=O)[C@H](CCC(=O)O)NC(=O)[C@H](CC(N)=O)NC(=O)[C@@H](C)NC1=O)C(=O)N[C@@H](CCC(=O)O)C(=O)N[C@@H](CC(=O)O)C(=O)N[C@@H](Cc1ccccc1)C(=O)N[C@@H](Cc1ccc(O)cc1)C(=O)N[C@@H](CC(=O)O)C(=O)N[C@@H](C(C)(C)C)C(=O)C[C@H](C(N)=O)CSCCC3=O. The fourth-order valence-electron chi connectivity index (χ4n) is 15.2. The van der Waals surface area contributed by atoms with E-state index in [1.807, 2.05) is 0 Å². The number of aliphatic carboxylic acids is 4. The van der Waals surface area contributed by atoms with Crippen LogP contribution in [0.1, 0.15) is 135 Å². The summed E-state index contributed by atoms with van der Waals surface area (Å²) in [6.07, 6.45) is -9.96. The minimum Gasteiger partial charge on any atom is -0.508 e. The highest BCUT2D eigenvalue weighted by molar-refractivity contribution is 7.99. The molecule has 14 atom stereocenters. The zero-order valence-corrected chi connectivity index (χ0v) is 79.8. The van der Waals surface area contributed by atoms with E-state index >= 15 is 14.4 Å². The van der Waals surface area contributed by atoms with Crippen LogP contribution in [-0.2, 0) is 125 Å². The van der Waals surface area contributed by atoms with Crippen LogP contribution in [0, 0.1) is 23.2 Å². The van der Waals surface area contributed by atoms with Crippen LogP contribution in [0.4, 0.5) is 0 Å². The van der Waals surface area contributed by atoms with Gasteiger partial charge >= 0.3 is 23.9 Å². The number of hydrogen-bond acceptors (Lipinski definition) is 26. The lowest BCUT2D eigenvalue weighted by atomic mass is 9.81. The fraction of sp³-hybridized carbons (Fsp3) is 0.522. The number of phenols is 1. The molecule has 43 nitrogen and oxygen atoms in total. The first-order valence-corrected chi connectivity index (χ1v) is 48.4. The number of carbonyl (C=O) groups excluding carboxylic acids is 18. The van der Waals surface area contributed by atoms with Crippen LogP contribution < -0.4 is 70.0 Å². The van der Waals surface area contributed by atoms with E-state index in [0.717, 1.165) is 30.4 Å². The third-order valence-electron chi connectivity index (χ3n) is 23.0. The molecule has 4 aromatic carbocycles. The first-order valence-electron chi connectivity index (χ1n) is 44.9. The van der Waals surface area contributed by atoms with Crippen molar-refractivity contribution in [2.24, 2.45) is 34.6 Å². The van der Waals surface area contributed by atoms with Gasteiger partial charge in [0.25, 0.3) is 0 Å². The number of thioether (sulfide) groups is 3. The maximum Gasteiger partial charge on any atom is 0.305 e. The standard InChI is InChI=1S/C92H122N16O27S3/c1-50-47-136-36-27-72(113)106-30-32-107-33-35-108(34-31-106)74(115)29-38-138-49-68(104-83(127)52(3)96-84(128)57(41-56-17-12-16-55-15-10-11-18-60(55)56)42-69(110)61(23-25-75(116)117)97-88(132)65(44-71(93)112)99-82(126)51(2)95-81(50)125)91(135)98-62(24-26-76(118)119)85(129)102-66(45-77(120)121)89(133)101-63(39-53-13-8-7-9-14-53)86(130)100-64(40-54-19-21-59(109)22-20-54)87(131)103-67(46-78(122)123)90(134)105-79(92(4,5)6)70(111)43-58(80(94)124)48-137-37-28-73(107)114/h7-22,50-52,57-58,61-68,79,109H,23-49H2,1-6H3,(H2,93,112)(H2,94,124)(H,95,125)(H,96,128)(H,97,132)(H,98,135)(H,99,126)(H,100,130)(H,101,133)(H,102,129)(H,103,131)(H,104,127)(H,105,134)(H,116,117)(H,118,119)(H,120,121)(H,122,123)/t50-,51+,52+,57+,58-,61-,62-,63-,64-,65-,66-,67-,68-,79+/m0/s1. The number of nitrogens with two attached hydrogens (primary N) is 2. The number of ketones is 2. The summed E-state index contributed by atoms with van der Waals surface area (Å²) in [5.74, 6) is -29.2. The van der Waals surface area contributed by atoms with Gasteiger partial charge in [0.2, 0.25) is 94.5 Å². The molecule has 0 spiro atoms. The van der Waals surface area contributed by atoms with Gasteiger partial charge in [-0.1, -0.05) is 113 Å². The second kappa shape index (κ2) is 54.6. The van der Waals surface area contributed by atoms with E-state index in [-0.39, 0.29) is 105 Å². The zero-order valence-electron chi connectivity index (χ0n) is 77.4. The van der Waals surface area contributed by atoms with Gasteiger partial charge in [0.15, 0.2) is 11.6 Å². The second-order valence-electron chi connectivity index (χ2n) is 35.0. The normalized spacial score (nSPS) is 24.9. The third kappa shape index (κ3) is 37.0. The van der Waals surface area contributed by atoms with Crippen molar-refractivity contribution < 1.29 is 131 Å². The van der Waals surface area contributed by atoms with Crippen LogP contribution in [-0.4, -0.2) is 310 Å². The molecule has 750 valence electrons. The molecule has 3 saturated heterocycles. The monoisotopic (exact) mass is 1980 g/mol. The Hall–Kier alpha value is -13.3. The number of Topliss-reactive ketones (excluding diaryl/α,β-unsaturated/α-hetero) is 2. The Balaban J connectivity index is 1.34. The maximum absolute atomic E-state index is 15.2. The summed E-state index contributed by atoms with van der Waals surface area (Å²) >= 11 is 3.11. The molecule has 3 aliphatic heterocycles. The van der Waals surface area contributed by atoms with Gasteiger partial charge in [0.05, 0.1) is 37.3 Å². The molecule has 0 aromatic heterocycles. The molecule has 0 saturated carbocycles. The number of benzene rings is 4. The Bertz CT molecular complexity index is 5100. The van der Waals surface area contributed by atoms with Gasteiger partial charge in [-0.25, -0.2) is 0 Å². The summed E-state index contributed by atoms with van der Waals surface area (Å²) in [5, 5.41) is 79.0. The molecule has 138 heavy (non-hydrogen) atoms. The lowest BCUT2D eigenvalue weighted by molar-refractivity contribution is -0.142. The zero-order chi connectivity index (χ0) is 102. The fourth-order valence-corrected chi connectivity index (χ4v) is 18.2. The van der Waals surface area contributed by atoms with Gasteiger partial charge in [0.1, 0.15) is 60.1 Å². The highest BCUT2D eigenvalue weighted by Gasteiger charge is 2.42. The first kappa shape index (κ1) is 112. The van der Waals surface area contributed by atoms with E-state index in [1.165, 1.54) is 76.7 Å². The molecule has 46 heteroatoms. The van der Waals surface area contributed by atoms with Crippen LogP contribution in [0.5, 0.6) is 5.75 Å². The van der Waals surface area contributed by atoms with Crippen molar-refractivity contribution in [2.75, 3.05) is 73.8 Å². The average molecular weight is 1980 g/mol. The van der Waals surface area contributed by atoms with Crippen LogP contribution in [0.15, 0.2) is 97.1 Å². The molecule has 7 rings (SSSR count). The predicted octanol–water partition coefficient (Wildman–Crippen LogP) is -1.28. The van der Waals surface area contributed by atoms with Crippen molar-refractivity contribution in [3.05, 3.63) is 114 Å². The van der Waals surface area contributed by atoms with E-state index in [4.69, 9.17) is 11.5 Å². The van der Waals surface area contributed by atoms with Gasteiger partial charge in [0, 0.05) is 143 Å². The summed E-state index contributed by atoms with van der Waals surface area (Å²) in [5.41, 5.74) is 11.3. The molecule has 16 amide bonds. The molecule has 3 fully saturated rings. The van der Waals surface area contributed by atoms with Crippen LogP contribution in [0.3, 0.4) is 0 Å². The van der Waals surface area contributed by atoms with Crippen molar-refractivity contribution >= 4 is 176 Å². The highest BCUT2D eigenvalue weighted by Crippen LogP contribution is 2.28. The number of hydrogen-bond donors (Lipinski definition) is 18. The summed E-state index contributed by atoms with van der Waals surface area (Å²) in [6, 6.07) is 4.51. The Kier molecular flexibility index (Phi) is 44.2. The predicted molar refractivity (Wildman–Crippen MR) is 504 cm³/mol. The number of aromatic hydroxyl groups is 1. The van der Waals surface area contributed by atoms with Gasteiger partial charge < -0.3 is 110 Å². The third-order valence-corrected chi connectivity index (χ3v) is 26.4. The number of nitrogens with one attached hydrogen (secondary N) is 11. The number of carboxylic acid groups (broad SMARTS) is 4. The summed E-state index contributed by atoms with van der Waals surface area (Å²) in [7, 11) is 0. The van der Waals surface area contributed by atoms with E-state index in [1.54, 1.807) is 81.4 Å². The van der Waals surface area contributed by atoms with Gasteiger partial charge in [-0.15, -0.1) is 0 Å². The van der Waals surface area contributed by atoms with E-state index in [0.29, 0.717) is 21.9 Å². The smallest absolute Gasteiger partial charge is 0.305 e. The van der Waals surface area contributed by atoms with Crippen molar-refractivity contribution in [1.29, 1.82) is 0 Å². The quantitative estimate of drug-likeness (QED) is 0.0520. The number of carboxylic acids is 4. The molecule has 4 bridgehead atoms. The molecule has 0 radical (unpaired) electrons.